The van der Waals surface area contributed by atoms with Crippen molar-refractivity contribution >= 4 is 17.4 Å². The third-order valence-corrected chi connectivity index (χ3v) is 4.73. The van der Waals surface area contributed by atoms with E-state index in [1.807, 2.05) is 25.9 Å². The SMILES string of the molecule is CCOc1ccc(/C(O)=C2\C(=O)C(=O)N(CCN(C)C)[C@@H]2c2ccccn2)cc1. The molecule has 1 aromatic heterocycles. The van der Waals surface area contributed by atoms with E-state index in [-0.39, 0.29) is 11.3 Å². The van der Waals surface area contributed by atoms with Crippen molar-refractivity contribution in [3.05, 3.63) is 65.5 Å². The summed E-state index contributed by atoms with van der Waals surface area (Å²) in [5, 5.41) is 11.0. The summed E-state index contributed by atoms with van der Waals surface area (Å²) in [5.41, 5.74) is 1.04. The minimum absolute atomic E-state index is 0.0524. The number of hydrogen-bond acceptors (Lipinski definition) is 6. The van der Waals surface area contributed by atoms with Gasteiger partial charge in [0.25, 0.3) is 11.7 Å². The van der Waals surface area contributed by atoms with Gasteiger partial charge in [0, 0.05) is 24.8 Å². The van der Waals surface area contributed by atoms with Gasteiger partial charge < -0.3 is 19.6 Å². The molecule has 2 heterocycles. The number of amides is 1. The van der Waals surface area contributed by atoms with E-state index in [2.05, 4.69) is 4.98 Å². The topological polar surface area (TPSA) is 83.0 Å². The number of pyridine rings is 1. The van der Waals surface area contributed by atoms with Gasteiger partial charge in [-0.15, -0.1) is 0 Å². The Balaban J connectivity index is 2.07. The van der Waals surface area contributed by atoms with Gasteiger partial charge in [0.05, 0.1) is 17.9 Å². The summed E-state index contributed by atoms with van der Waals surface area (Å²) in [6.45, 7) is 3.34. The van der Waals surface area contributed by atoms with Crippen LogP contribution in [0.15, 0.2) is 54.2 Å². The zero-order valence-electron chi connectivity index (χ0n) is 16.8. The van der Waals surface area contributed by atoms with Crippen LogP contribution in [-0.4, -0.2) is 65.4 Å². The van der Waals surface area contributed by atoms with E-state index in [1.54, 1.807) is 48.7 Å². The fourth-order valence-corrected chi connectivity index (χ4v) is 3.29. The highest BCUT2D eigenvalue weighted by Crippen LogP contribution is 2.38. The molecule has 1 atom stereocenters. The van der Waals surface area contributed by atoms with E-state index in [1.165, 1.54) is 4.90 Å². The lowest BCUT2D eigenvalue weighted by molar-refractivity contribution is -0.140. The Morgan fingerprint density at radius 1 is 1.17 bits per heavy atom. The molecule has 0 unspecified atom stereocenters. The van der Waals surface area contributed by atoms with E-state index in [9.17, 15) is 14.7 Å². The first-order valence-corrected chi connectivity index (χ1v) is 9.51. The molecule has 7 nitrogen and oxygen atoms in total. The largest absolute Gasteiger partial charge is 0.507 e. The summed E-state index contributed by atoms with van der Waals surface area (Å²) in [4.78, 5) is 33.4. The Morgan fingerprint density at radius 3 is 2.48 bits per heavy atom. The third-order valence-electron chi connectivity index (χ3n) is 4.73. The Bertz CT molecular complexity index is 907. The van der Waals surface area contributed by atoms with Gasteiger partial charge in [0.1, 0.15) is 17.6 Å². The number of nitrogens with zero attached hydrogens (tertiary/aromatic N) is 3. The summed E-state index contributed by atoms with van der Waals surface area (Å²) < 4.78 is 5.42. The summed E-state index contributed by atoms with van der Waals surface area (Å²) in [6.07, 6.45) is 1.61. The van der Waals surface area contributed by atoms with Crippen molar-refractivity contribution in [3.63, 3.8) is 0 Å². The Morgan fingerprint density at radius 2 is 1.90 bits per heavy atom. The summed E-state index contributed by atoms with van der Waals surface area (Å²) in [7, 11) is 3.79. The molecule has 0 aliphatic carbocycles. The quantitative estimate of drug-likeness (QED) is 0.441. The molecule has 2 aromatic rings. The molecule has 29 heavy (non-hydrogen) atoms. The standard InChI is InChI=1S/C22H25N3O4/c1-4-29-16-10-8-15(9-11-16)20(26)18-19(17-7-5-6-12-23-17)25(14-13-24(2)3)22(28)21(18)27/h5-12,19,26H,4,13-14H2,1-3H3/b20-18+/t19-/m1/s1. The second-order valence-electron chi connectivity index (χ2n) is 7.01. The molecule has 1 fully saturated rings. The van der Waals surface area contributed by atoms with E-state index in [0.717, 1.165) is 0 Å². The smallest absolute Gasteiger partial charge is 0.295 e. The molecular weight excluding hydrogens is 370 g/mol. The number of carbonyl (C=O) groups is 2. The number of hydrogen-bond donors (Lipinski definition) is 1. The summed E-state index contributed by atoms with van der Waals surface area (Å²) >= 11 is 0. The number of likely N-dealkylation sites (tertiary alicyclic amines) is 1. The number of likely N-dealkylation sites (N-methyl/N-ethyl adjacent to an activating group) is 1. The van der Waals surface area contributed by atoms with Gasteiger partial charge in [-0.05, 0) is 57.4 Å². The van der Waals surface area contributed by atoms with Crippen LogP contribution in [0.25, 0.3) is 5.76 Å². The second-order valence-corrected chi connectivity index (χ2v) is 7.01. The van der Waals surface area contributed by atoms with Gasteiger partial charge in [-0.1, -0.05) is 6.07 Å². The van der Waals surface area contributed by atoms with Crippen LogP contribution in [0.4, 0.5) is 0 Å². The van der Waals surface area contributed by atoms with Crippen LogP contribution in [-0.2, 0) is 9.59 Å². The van der Waals surface area contributed by atoms with Gasteiger partial charge in [-0.3, -0.25) is 14.6 Å². The van der Waals surface area contributed by atoms with Gasteiger partial charge in [0.15, 0.2) is 0 Å². The molecular formula is C22H25N3O4. The molecule has 0 spiro atoms. The van der Waals surface area contributed by atoms with E-state index >= 15 is 0 Å². The highest BCUT2D eigenvalue weighted by molar-refractivity contribution is 6.46. The number of Topliss-reactive ketones (excluding diaryl/α,β-unsaturated/α-hetero) is 1. The number of aliphatic hydroxyl groups is 1. The highest BCUT2D eigenvalue weighted by Gasteiger charge is 2.46. The lowest BCUT2D eigenvalue weighted by atomic mass is 9.98. The first-order chi connectivity index (χ1) is 13.9. The zero-order chi connectivity index (χ0) is 21.0. The van der Waals surface area contributed by atoms with Crippen molar-refractivity contribution in [3.8, 4) is 5.75 Å². The van der Waals surface area contributed by atoms with Gasteiger partial charge in [-0.2, -0.15) is 0 Å². The third kappa shape index (κ3) is 4.30. The first-order valence-electron chi connectivity index (χ1n) is 9.51. The predicted molar refractivity (Wildman–Crippen MR) is 109 cm³/mol. The molecule has 1 aliphatic heterocycles. The number of ether oxygens (including phenoxy) is 1. The van der Waals surface area contributed by atoms with Crippen LogP contribution in [0.3, 0.4) is 0 Å². The molecule has 0 radical (unpaired) electrons. The van der Waals surface area contributed by atoms with Crippen molar-refractivity contribution in [2.75, 3.05) is 33.8 Å². The number of ketones is 1. The van der Waals surface area contributed by atoms with E-state index < -0.39 is 17.7 Å². The van der Waals surface area contributed by atoms with E-state index in [4.69, 9.17) is 4.74 Å². The van der Waals surface area contributed by atoms with Crippen LogP contribution in [0, 0.1) is 0 Å². The van der Waals surface area contributed by atoms with Crippen molar-refractivity contribution in [1.82, 2.24) is 14.8 Å². The van der Waals surface area contributed by atoms with Crippen LogP contribution in [0.1, 0.15) is 24.2 Å². The lowest BCUT2D eigenvalue weighted by Gasteiger charge is -2.25. The molecule has 7 heteroatoms. The molecule has 1 N–H and O–H groups in total. The zero-order valence-corrected chi connectivity index (χ0v) is 16.8. The molecule has 1 saturated heterocycles. The maximum absolute atomic E-state index is 12.9. The minimum atomic E-state index is -0.734. The number of benzene rings is 1. The van der Waals surface area contributed by atoms with Crippen LogP contribution >= 0.6 is 0 Å². The van der Waals surface area contributed by atoms with Gasteiger partial charge in [-0.25, -0.2) is 0 Å². The van der Waals surface area contributed by atoms with Gasteiger partial charge in [0.2, 0.25) is 0 Å². The van der Waals surface area contributed by atoms with E-state index in [0.29, 0.717) is 36.7 Å². The Labute approximate surface area is 170 Å². The molecule has 1 aliphatic rings. The maximum atomic E-state index is 12.9. The number of aliphatic hydroxyl groups excluding tert-OH is 1. The monoisotopic (exact) mass is 395 g/mol. The molecule has 0 saturated carbocycles. The number of rotatable bonds is 7. The first kappa shape index (κ1) is 20.5. The fraction of sp³-hybridized carbons (Fsp3) is 0.318. The highest BCUT2D eigenvalue weighted by atomic mass is 16.5. The number of carbonyl (C=O) groups excluding carboxylic acids is 2. The fourth-order valence-electron chi connectivity index (χ4n) is 3.29. The maximum Gasteiger partial charge on any atom is 0.295 e. The average Bonchev–Trinajstić information content (AvgIpc) is 2.98. The Hall–Kier alpha value is -3.19. The van der Waals surface area contributed by atoms with Crippen LogP contribution < -0.4 is 4.74 Å². The summed E-state index contributed by atoms with van der Waals surface area (Å²) in [6, 6.07) is 11.4. The summed E-state index contributed by atoms with van der Waals surface area (Å²) in [5.74, 6) is -0.882. The molecule has 152 valence electrons. The lowest BCUT2D eigenvalue weighted by Crippen LogP contribution is -2.35. The average molecular weight is 395 g/mol. The normalized spacial score (nSPS) is 18.5. The number of aromatic nitrogens is 1. The molecule has 3 rings (SSSR count). The van der Waals surface area contributed by atoms with Crippen molar-refractivity contribution in [1.29, 1.82) is 0 Å². The molecule has 1 amide bonds. The molecule has 1 aromatic carbocycles. The molecule has 0 bridgehead atoms. The van der Waals surface area contributed by atoms with Crippen LogP contribution in [0.2, 0.25) is 0 Å². The van der Waals surface area contributed by atoms with Gasteiger partial charge >= 0.3 is 0 Å². The Kier molecular flexibility index (Phi) is 6.29. The van der Waals surface area contributed by atoms with Crippen molar-refractivity contribution < 1.29 is 19.4 Å². The van der Waals surface area contributed by atoms with Crippen molar-refractivity contribution in [2.45, 2.75) is 13.0 Å². The minimum Gasteiger partial charge on any atom is -0.507 e. The second kappa shape index (κ2) is 8.87. The van der Waals surface area contributed by atoms with Crippen LogP contribution in [0.5, 0.6) is 5.75 Å². The predicted octanol–water partition coefficient (Wildman–Crippen LogP) is 2.46. The van der Waals surface area contributed by atoms with Crippen molar-refractivity contribution in [2.24, 2.45) is 0 Å².